The van der Waals surface area contributed by atoms with Crippen LogP contribution in [0, 0.1) is 5.82 Å². The minimum Gasteiger partial charge on any atom is -0.352 e. The molecule has 0 saturated carbocycles. The van der Waals surface area contributed by atoms with E-state index in [1.165, 1.54) is 28.5 Å². The summed E-state index contributed by atoms with van der Waals surface area (Å²) in [5.41, 5.74) is 6.94. The van der Waals surface area contributed by atoms with Gasteiger partial charge < -0.3 is 11.1 Å². The third-order valence-corrected chi connectivity index (χ3v) is 5.36. The normalized spacial score (nSPS) is 15.5. The van der Waals surface area contributed by atoms with Crippen molar-refractivity contribution in [1.29, 1.82) is 0 Å². The van der Waals surface area contributed by atoms with Crippen LogP contribution in [-0.4, -0.2) is 38.4 Å². The van der Waals surface area contributed by atoms with Crippen LogP contribution in [-0.2, 0) is 6.42 Å². The molecule has 0 spiro atoms. The minimum atomic E-state index is -0.675. The van der Waals surface area contributed by atoms with Crippen LogP contribution in [0.5, 0.6) is 0 Å². The molecular weight excluding hydrogens is 391 g/mol. The molecule has 3 N–H and O–H groups in total. The van der Waals surface area contributed by atoms with Gasteiger partial charge in [-0.1, -0.05) is 23.0 Å². The van der Waals surface area contributed by atoms with Gasteiger partial charge in [0.15, 0.2) is 10.7 Å². The van der Waals surface area contributed by atoms with E-state index in [9.17, 15) is 14.0 Å². The van der Waals surface area contributed by atoms with Gasteiger partial charge in [-0.05, 0) is 46.4 Å². The van der Waals surface area contributed by atoms with E-state index >= 15 is 0 Å². The maximum Gasteiger partial charge on any atom is 0.442 e. The highest BCUT2D eigenvalue weighted by molar-refractivity contribution is 7.99. The number of aromatic nitrogens is 4. The van der Waals surface area contributed by atoms with Gasteiger partial charge in [-0.15, -0.1) is 0 Å². The molecule has 28 heavy (non-hydrogen) atoms. The van der Waals surface area contributed by atoms with Gasteiger partial charge in [0, 0.05) is 12.3 Å². The SMILES string of the molecule is NC(=O)NCCSc1nonc1-c1noc(=O)n1[C@H]1CCc2ccc(F)cc21. The summed E-state index contributed by atoms with van der Waals surface area (Å²) in [6.07, 6.45) is 1.30. The van der Waals surface area contributed by atoms with Crippen LogP contribution in [0.4, 0.5) is 9.18 Å². The molecular formula is C16H15FN6O4S. The number of urea groups is 1. The molecule has 12 heteroatoms. The molecule has 1 aliphatic carbocycles. The van der Waals surface area contributed by atoms with Gasteiger partial charge in [0.25, 0.3) is 0 Å². The second-order valence-electron chi connectivity index (χ2n) is 6.10. The summed E-state index contributed by atoms with van der Waals surface area (Å²) in [6, 6.07) is 3.48. The fourth-order valence-corrected chi connectivity index (χ4v) is 3.99. The van der Waals surface area contributed by atoms with Gasteiger partial charge >= 0.3 is 11.8 Å². The number of aryl methyl sites for hydroxylation is 1. The zero-order valence-electron chi connectivity index (χ0n) is 14.4. The molecule has 1 aromatic carbocycles. The molecule has 0 unspecified atom stereocenters. The average Bonchev–Trinajstić information content (AvgIpc) is 3.36. The molecule has 0 bridgehead atoms. The van der Waals surface area contributed by atoms with E-state index in [0.717, 1.165) is 5.56 Å². The maximum atomic E-state index is 13.7. The number of carbonyl (C=O) groups excluding carboxylic acids is 1. The number of amides is 2. The number of nitrogens with zero attached hydrogens (tertiary/aromatic N) is 4. The lowest BCUT2D eigenvalue weighted by molar-refractivity contribution is 0.249. The molecule has 146 valence electrons. The van der Waals surface area contributed by atoms with Gasteiger partial charge in [-0.3, -0.25) is 4.52 Å². The second kappa shape index (κ2) is 7.46. The summed E-state index contributed by atoms with van der Waals surface area (Å²) < 4.78 is 24.7. The summed E-state index contributed by atoms with van der Waals surface area (Å²) in [5.74, 6) is -0.452. The van der Waals surface area contributed by atoms with E-state index in [1.807, 2.05) is 0 Å². The van der Waals surface area contributed by atoms with Crippen LogP contribution in [0.1, 0.15) is 23.6 Å². The molecule has 2 aromatic heterocycles. The van der Waals surface area contributed by atoms with E-state index in [1.54, 1.807) is 6.07 Å². The Morgan fingerprint density at radius 3 is 3.07 bits per heavy atom. The van der Waals surface area contributed by atoms with Crippen molar-refractivity contribution in [2.75, 3.05) is 12.3 Å². The third-order valence-electron chi connectivity index (χ3n) is 4.41. The fourth-order valence-electron chi connectivity index (χ4n) is 3.24. The summed E-state index contributed by atoms with van der Waals surface area (Å²) in [7, 11) is 0. The predicted molar refractivity (Wildman–Crippen MR) is 95.2 cm³/mol. The largest absolute Gasteiger partial charge is 0.442 e. The van der Waals surface area contributed by atoms with Gasteiger partial charge in [-0.25, -0.2) is 23.2 Å². The van der Waals surface area contributed by atoms with Crippen molar-refractivity contribution in [1.82, 2.24) is 25.4 Å². The molecule has 0 fully saturated rings. The number of rotatable bonds is 6. The number of hydrogen-bond acceptors (Lipinski definition) is 8. The topological polar surface area (TPSA) is 142 Å². The quantitative estimate of drug-likeness (QED) is 0.461. The lowest BCUT2D eigenvalue weighted by Crippen LogP contribution is -2.31. The van der Waals surface area contributed by atoms with Crippen LogP contribution in [0.3, 0.4) is 0 Å². The van der Waals surface area contributed by atoms with Crippen molar-refractivity contribution < 1.29 is 18.3 Å². The third kappa shape index (κ3) is 3.38. The highest BCUT2D eigenvalue weighted by atomic mass is 32.2. The monoisotopic (exact) mass is 406 g/mol. The van der Waals surface area contributed by atoms with Crippen LogP contribution in [0.2, 0.25) is 0 Å². The standard InChI is InChI=1S/C16H15FN6O4S/c17-9-3-1-8-2-4-11(10(8)7-9)23-13(21-26-16(23)25)12-14(22-27-20-12)28-6-5-19-15(18)24/h1,3,7,11H,2,4-6H2,(H3,18,19,24)/t11-/m0/s1. The molecule has 3 aromatic rings. The number of thioether (sulfide) groups is 1. The molecule has 4 rings (SSSR count). The Morgan fingerprint density at radius 2 is 2.25 bits per heavy atom. The minimum absolute atomic E-state index is 0.152. The maximum absolute atomic E-state index is 13.7. The number of fused-ring (bicyclic) bond motifs is 1. The first-order valence-electron chi connectivity index (χ1n) is 8.40. The van der Waals surface area contributed by atoms with Crippen LogP contribution < -0.4 is 16.8 Å². The fraction of sp³-hybridized carbons (Fsp3) is 0.312. The first-order chi connectivity index (χ1) is 13.5. The molecule has 2 amide bonds. The lowest BCUT2D eigenvalue weighted by Gasteiger charge is -2.13. The summed E-state index contributed by atoms with van der Waals surface area (Å²) in [6.45, 7) is 0.313. The van der Waals surface area contributed by atoms with Crippen molar-refractivity contribution in [2.24, 2.45) is 5.73 Å². The molecule has 0 radical (unpaired) electrons. The van der Waals surface area contributed by atoms with E-state index in [-0.39, 0.29) is 17.3 Å². The van der Waals surface area contributed by atoms with Gasteiger partial charge in [0.05, 0.1) is 6.04 Å². The Balaban J connectivity index is 1.65. The molecule has 0 aliphatic heterocycles. The first kappa shape index (κ1) is 18.2. The molecule has 1 atom stereocenters. The van der Waals surface area contributed by atoms with E-state index < -0.39 is 17.8 Å². The van der Waals surface area contributed by atoms with Gasteiger partial charge in [0.2, 0.25) is 5.82 Å². The van der Waals surface area contributed by atoms with E-state index in [0.29, 0.717) is 35.7 Å². The lowest BCUT2D eigenvalue weighted by atomic mass is 10.1. The first-order valence-corrected chi connectivity index (χ1v) is 9.38. The summed E-state index contributed by atoms with van der Waals surface area (Å²) in [4.78, 5) is 23.1. The number of nitrogens with two attached hydrogens (primary N) is 1. The summed E-state index contributed by atoms with van der Waals surface area (Å²) in [5, 5.41) is 14.3. The van der Waals surface area contributed by atoms with Crippen molar-refractivity contribution in [2.45, 2.75) is 23.9 Å². The van der Waals surface area contributed by atoms with Crippen molar-refractivity contribution in [3.05, 3.63) is 45.7 Å². The van der Waals surface area contributed by atoms with Crippen molar-refractivity contribution in [3.63, 3.8) is 0 Å². The van der Waals surface area contributed by atoms with Crippen molar-refractivity contribution in [3.8, 4) is 11.5 Å². The molecule has 1 aliphatic rings. The van der Waals surface area contributed by atoms with Crippen LogP contribution >= 0.6 is 11.8 Å². The molecule has 2 heterocycles. The number of nitrogens with one attached hydrogen (secondary N) is 1. The number of carbonyl (C=O) groups is 1. The van der Waals surface area contributed by atoms with Crippen LogP contribution in [0.15, 0.2) is 37.2 Å². The highest BCUT2D eigenvalue weighted by Gasteiger charge is 2.31. The van der Waals surface area contributed by atoms with Crippen molar-refractivity contribution >= 4 is 17.8 Å². The summed E-state index contributed by atoms with van der Waals surface area (Å²) >= 11 is 1.24. The Kier molecular flexibility index (Phi) is 4.86. The number of benzene rings is 1. The smallest absolute Gasteiger partial charge is 0.352 e. The number of primary amides is 1. The Labute approximate surface area is 161 Å². The van der Waals surface area contributed by atoms with Gasteiger partial charge in [-0.2, -0.15) is 0 Å². The Morgan fingerprint density at radius 1 is 1.39 bits per heavy atom. The molecule has 0 saturated heterocycles. The zero-order chi connectivity index (χ0) is 19.7. The predicted octanol–water partition coefficient (Wildman–Crippen LogP) is 1.32. The highest BCUT2D eigenvalue weighted by Crippen LogP contribution is 2.37. The molecule has 10 nitrogen and oxygen atoms in total. The average molecular weight is 406 g/mol. The van der Waals surface area contributed by atoms with E-state index in [2.05, 4.69) is 20.8 Å². The number of hydrogen-bond donors (Lipinski definition) is 2. The van der Waals surface area contributed by atoms with E-state index in [4.69, 9.17) is 14.9 Å². The zero-order valence-corrected chi connectivity index (χ0v) is 15.2. The number of halogens is 1. The van der Waals surface area contributed by atoms with Gasteiger partial charge in [0.1, 0.15) is 5.82 Å². The Hall–Kier alpha value is -3.15. The second-order valence-corrected chi connectivity index (χ2v) is 7.18. The Bertz CT molecular complexity index is 1080. The van der Waals surface area contributed by atoms with Crippen LogP contribution in [0.25, 0.3) is 11.5 Å².